The summed E-state index contributed by atoms with van der Waals surface area (Å²) in [5.74, 6) is 2.44. The highest BCUT2D eigenvalue weighted by atomic mass is 32.2. The summed E-state index contributed by atoms with van der Waals surface area (Å²) in [6.45, 7) is 12.7. The second-order valence-electron chi connectivity index (χ2n) is 9.04. The van der Waals surface area contributed by atoms with Crippen LogP contribution in [0.5, 0.6) is 0 Å². The molecule has 7 nitrogen and oxygen atoms in total. The Kier molecular flexibility index (Phi) is 5.57. The molecule has 0 radical (unpaired) electrons. The zero-order chi connectivity index (χ0) is 19.1. The smallest absolute Gasteiger partial charge is 0.410 e. The minimum Gasteiger partial charge on any atom is -0.444 e. The lowest BCUT2D eigenvalue weighted by Gasteiger charge is -2.25. The fraction of sp³-hybridized carbons (Fsp3) is 0.944. The molecule has 1 aliphatic carbocycles. The van der Waals surface area contributed by atoms with Crippen LogP contribution in [0.2, 0.25) is 0 Å². The Morgan fingerprint density at radius 2 is 1.85 bits per heavy atom. The van der Waals surface area contributed by atoms with Crippen LogP contribution in [0, 0.1) is 23.7 Å². The molecule has 26 heavy (non-hydrogen) atoms. The Balaban J connectivity index is 1.36. The number of ether oxygens (including phenoxy) is 1. The van der Waals surface area contributed by atoms with Gasteiger partial charge in [-0.2, -0.15) is 0 Å². The lowest BCUT2D eigenvalue weighted by Crippen LogP contribution is -2.37. The molecule has 2 saturated heterocycles. The van der Waals surface area contributed by atoms with Crippen LogP contribution in [0.4, 0.5) is 4.79 Å². The van der Waals surface area contributed by atoms with E-state index < -0.39 is 15.6 Å². The van der Waals surface area contributed by atoms with Crippen molar-refractivity contribution in [3.8, 4) is 0 Å². The fourth-order valence-corrected chi connectivity index (χ4v) is 5.00. The van der Waals surface area contributed by atoms with Crippen molar-refractivity contribution in [2.45, 2.75) is 39.7 Å². The predicted octanol–water partition coefficient (Wildman–Crippen LogP) is 1.36. The van der Waals surface area contributed by atoms with Crippen LogP contribution in [0.15, 0.2) is 0 Å². The fourth-order valence-electron chi connectivity index (χ4n) is 4.35. The number of likely N-dealkylation sites (tertiary alicyclic amines) is 2. The molecule has 3 rings (SSSR count). The van der Waals surface area contributed by atoms with Crippen molar-refractivity contribution in [3.05, 3.63) is 0 Å². The maximum atomic E-state index is 12.2. The minimum absolute atomic E-state index is 0.150. The summed E-state index contributed by atoms with van der Waals surface area (Å²) in [7, 11) is -3.08. The van der Waals surface area contributed by atoms with Gasteiger partial charge >= 0.3 is 6.09 Å². The number of amides is 1. The maximum Gasteiger partial charge on any atom is 0.410 e. The minimum atomic E-state index is -3.08. The summed E-state index contributed by atoms with van der Waals surface area (Å²) in [6.07, 6.45) is 0.831. The van der Waals surface area contributed by atoms with Gasteiger partial charge in [0.05, 0.1) is 5.75 Å². The van der Waals surface area contributed by atoms with Gasteiger partial charge in [-0.1, -0.05) is 0 Å². The second-order valence-corrected chi connectivity index (χ2v) is 11.1. The van der Waals surface area contributed by atoms with Crippen LogP contribution >= 0.6 is 0 Å². The molecule has 0 bridgehead atoms. The van der Waals surface area contributed by atoms with Crippen molar-refractivity contribution in [2.75, 3.05) is 45.0 Å². The first kappa shape index (κ1) is 19.9. The van der Waals surface area contributed by atoms with E-state index in [1.54, 1.807) is 6.92 Å². The molecular weight excluding hydrogens is 354 g/mol. The van der Waals surface area contributed by atoms with E-state index in [0.29, 0.717) is 30.2 Å². The largest absolute Gasteiger partial charge is 0.444 e. The predicted molar refractivity (Wildman–Crippen MR) is 100 cm³/mol. The molecule has 1 amide bonds. The first-order chi connectivity index (χ1) is 12.1. The summed E-state index contributed by atoms with van der Waals surface area (Å²) in [6, 6.07) is 0. The monoisotopic (exact) mass is 387 g/mol. The average Bonchev–Trinajstić information content (AvgIpc) is 2.92. The van der Waals surface area contributed by atoms with Gasteiger partial charge in [-0.15, -0.1) is 0 Å². The number of rotatable bonds is 6. The first-order valence-electron chi connectivity index (χ1n) is 9.75. The van der Waals surface area contributed by atoms with E-state index in [-0.39, 0.29) is 11.8 Å². The Labute approximate surface area is 157 Å². The third-order valence-electron chi connectivity index (χ3n) is 5.82. The van der Waals surface area contributed by atoms with Crippen LogP contribution in [-0.4, -0.2) is 74.9 Å². The maximum absolute atomic E-state index is 12.2. The number of nitrogens with one attached hydrogen (secondary N) is 1. The average molecular weight is 388 g/mol. The van der Waals surface area contributed by atoms with Crippen molar-refractivity contribution >= 4 is 16.1 Å². The number of carbonyl (C=O) groups excluding carboxylic acids is 1. The van der Waals surface area contributed by atoms with Gasteiger partial charge < -0.3 is 14.5 Å². The molecule has 1 saturated carbocycles. The number of carbonyl (C=O) groups is 1. The molecule has 0 spiro atoms. The van der Waals surface area contributed by atoms with Gasteiger partial charge in [0.25, 0.3) is 0 Å². The van der Waals surface area contributed by atoms with Crippen LogP contribution in [0.3, 0.4) is 0 Å². The Bertz CT molecular complexity index is 619. The van der Waals surface area contributed by atoms with Crippen LogP contribution in [0.25, 0.3) is 0 Å². The molecule has 2 unspecified atom stereocenters. The normalized spacial score (nSPS) is 31.9. The number of sulfonamides is 1. The highest BCUT2D eigenvalue weighted by Gasteiger charge is 2.55. The van der Waals surface area contributed by atoms with E-state index in [9.17, 15) is 13.2 Å². The van der Waals surface area contributed by atoms with Gasteiger partial charge in [-0.05, 0) is 57.8 Å². The number of hydrogen-bond donors (Lipinski definition) is 1. The molecule has 8 heteroatoms. The van der Waals surface area contributed by atoms with E-state index in [1.807, 2.05) is 25.7 Å². The molecule has 0 aromatic carbocycles. The van der Waals surface area contributed by atoms with Crippen molar-refractivity contribution in [2.24, 2.45) is 23.7 Å². The van der Waals surface area contributed by atoms with Gasteiger partial charge in [0.15, 0.2) is 0 Å². The molecule has 3 atom stereocenters. The van der Waals surface area contributed by atoms with Crippen molar-refractivity contribution in [1.82, 2.24) is 14.5 Å². The van der Waals surface area contributed by atoms with Crippen molar-refractivity contribution in [1.29, 1.82) is 0 Å². The Morgan fingerprint density at radius 3 is 2.42 bits per heavy atom. The highest BCUT2D eigenvalue weighted by molar-refractivity contribution is 7.89. The first-order valence-corrected chi connectivity index (χ1v) is 11.4. The Hall–Kier alpha value is -0.860. The Morgan fingerprint density at radius 1 is 1.19 bits per heavy atom. The summed E-state index contributed by atoms with van der Waals surface area (Å²) < 4.78 is 31.3. The highest BCUT2D eigenvalue weighted by Crippen LogP contribution is 2.51. The van der Waals surface area contributed by atoms with E-state index >= 15 is 0 Å². The van der Waals surface area contributed by atoms with Gasteiger partial charge in [0, 0.05) is 39.3 Å². The van der Waals surface area contributed by atoms with Crippen LogP contribution in [0.1, 0.15) is 34.1 Å². The molecule has 0 aromatic rings. The molecule has 150 valence electrons. The van der Waals surface area contributed by atoms with Gasteiger partial charge in [-0.3, -0.25) is 0 Å². The van der Waals surface area contributed by atoms with E-state index in [0.717, 1.165) is 39.1 Å². The lowest BCUT2D eigenvalue weighted by molar-refractivity contribution is 0.0285. The molecule has 1 N–H and O–H groups in total. The SMILES string of the molecule is CCS(=O)(=O)NCC1C2CN(C[C@@H]3CCN(C(=O)OC(C)(C)C)C3)CC12. The van der Waals surface area contributed by atoms with E-state index in [4.69, 9.17) is 4.74 Å². The van der Waals surface area contributed by atoms with Gasteiger partial charge in [0.1, 0.15) is 5.60 Å². The summed E-state index contributed by atoms with van der Waals surface area (Å²) in [5, 5.41) is 0. The van der Waals surface area contributed by atoms with Crippen LogP contribution in [-0.2, 0) is 14.8 Å². The number of nitrogens with zero attached hydrogens (tertiary/aromatic N) is 2. The number of piperidine rings is 1. The molecule has 2 heterocycles. The second kappa shape index (κ2) is 7.28. The molecule has 3 fully saturated rings. The zero-order valence-corrected chi connectivity index (χ0v) is 17.2. The molecular formula is C18H33N3O4S. The quantitative estimate of drug-likeness (QED) is 0.744. The third kappa shape index (κ3) is 4.89. The lowest BCUT2D eigenvalue weighted by atomic mass is 10.1. The number of fused-ring (bicyclic) bond motifs is 1. The van der Waals surface area contributed by atoms with Gasteiger partial charge in [0.2, 0.25) is 10.0 Å². The summed E-state index contributed by atoms with van der Waals surface area (Å²) in [5.41, 5.74) is -0.445. The molecule has 2 aliphatic heterocycles. The standard InChI is InChI=1S/C18H33N3O4S/c1-5-26(23,24)19-8-14-15-11-20(12-16(14)15)9-13-6-7-21(10-13)17(22)25-18(2,3)4/h13-16,19H,5-12H2,1-4H3/t13-,14?,15?,16?/m0/s1. The zero-order valence-electron chi connectivity index (χ0n) is 16.4. The van der Waals surface area contributed by atoms with E-state index in [1.165, 1.54) is 0 Å². The summed E-state index contributed by atoms with van der Waals surface area (Å²) in [4.78, 5) is 16.5. The number of hydrogen-bond acceptors (Lipinski definition) is 5. The van der Waals surface area contributed by atoms with Crippen molar-refractivity contribution in [3.63, 3.8) is 0 Å². The summed E-state index contributed by atoms with van der Waals surface area (Å²) >= 11 is 0. The molecule has 0 aromatic heterocycles. The van der Waals surface area contributed by atoms with Gasteiger partial charge in [-0.25, -0.2) is 17.9 Å². The third-order valence-corrected chi connectivity index (χ3v) is 7.19. The van der Waals surface area contributed by atoms with Crippen LogP contribution < -0.4 is 4.72 Å². The van der Waals surface area contributed by atoms with Crippen molar-refractivity contribution < 1.29 is 17.9 Å². The topological polar surface area (TPSA) is 79.0 Å². The van der Waals surface area contributed by atoms with E-state index in [2.05, 4.69) is 9.62 Å². The molecule has 3 aliphatic rings.